The lowest BCUT2D eigenvalue weighted by molar-refractivity contribution is 0.101. The molecule has 0 atom stereocenters. The van der Waals surface area contributed by atoms with Crippen LogP contribution in [-0.2, 0) is 6.42 Å². The van der Waals surface area contributed by atoms with Gasteiger partial charge in [-0.2, -0.15) is 0 Å². The number of fused-ring (bicyclic) bond motifs is 1. The van der Waals surface area contributed by atoms with Crippen LogP contribution in [0.15, 0.2) is 47.4 Å². The van der Waals surface area contributed by atoms with Gasteiger partial charge in [-0.25, -0.2) is 0 Å². The maximum atomic E-state index is 12.3. The van der Waals surface area contributed by atoms with Gasteiger partial charge in [-0.05, 0) is 23.8 Å². The molecule has 3 rings (SSSR count). The summed E-state index contributed by atoms with van der Waals surface area (Å²) in [6.45, 7) is 0.664. The number of Topliss-reactive ketones (excluding diaryl/α,β-unsaturated/α-hetero) is 1. The number of thioether (sulfide) groups is 1. The molecule has 1 aliphatic heterocycles. The number of ketones is 1. The van der Waals surface area contributed by atoms with Crippen molar-refractivity contribution in [3.05, 3.63) is 58.6 Å². The van der Waals surface area contributed by atoms with Crippen molar-refractivity contribution < 1.29 is 9.53 Å². The Morgan fingerprint density at radius 3 is 2.90 bits per heavy atom. The summed E-state index contributed by atoms with van der Waals surface area (Å²) < 4.78 is 5.57. The zero-order valence-electron chi connectivity index (χ0n) is 10.8. The van der Waals surface area contributed by atoms with E-state index in [9.17, 15) is 4.79 Å². The number of ether oxygens (including phenoxy) is 1. The van der Waals surface area contributed by atoms with Crippen LogP contribution in [0.4, 0.5) is 0 Å². The number of benzene rings is 2. The van der Waals surface area contributed by atoms with E-state index >= 15 is 0 Å². The Morgan fingerprint density at radius 1 is 1.20 bits per heavy atom. The highest BCUT2D eigenvalue weighted by atomic mass is 35.5. The van der Waals surface area contributed by atoms with Crippen molar-refractivity contribution in [2.75, 3.05) is 12.4 Å². The van der Waals surface area contributed by atoms with Gasteiger partial charge in [0.15, 0.2) is 5.78 Å². The van der Waals surface area contributed by atoms with Crippen molar-refractivity contribution in [3.8, 4) is 5.75 Å². The molecule has 2 aromatic carbocycles. The predicted molar refractivity (Wildman–Crippen MR) is 82.1 cm³/mol. The number of hydrogen-bond acceptors (Lipinski definition) is 3. The second kappa shape index (κ2) is 5.90. The Bertz CT molecular complexity index is 655. The minimum absolute atomic E-state index is 0.0775. The minimum atomic E-state index is 0.0775. The zero-order valence-corrected chi connectivity index (χ0v) is 12.3. The lowest BCUT2D eigenvalue weighted by Gasteiger charge is -2.07. The van der Waals surface area contributed by atoms with Gasteiger partial charge in [0, 0.05) is 11.3 Å². The Balaban J connectivity index is 1.75. The van der Waals surface area contributed by atoms with E-state index in [2.05, 4.69) is 0 Å². The maximum absolute atomic E-state index is 12.3. The number of para-hydroxylation sites is 1. The summed E-state index contributed by atoms with van der Waals surface area (Å²) in [7, 11) is 0. The molecule has 4 heteroatoms. The van der Waals surface area contributed by atoms with Gasteiger partial charge in [-0.3, -0.25) is 4.79 Å². The molecule has 1 heterocycles. The summed E-state index contributed by atoms with van der Waals surface area (Å²) in [4.78, 5) is 13.3. The van der Waals surface area contributed by atoms with Crippen molar-refractivity contribution in [2.24, 2.45) is 0 Å². The topological polar surface area (TPSA) is 26.3 Å². The molecule has 20 heavy (non-hydrogen) atoms. The third kappa shape index (κ3) is 2.69. The highest BCUT2D eigenvalue weighted by Crippen LogP contribution is 2.32. The molecule has 0 saturated carbocycles. The van der Waals surface area contributed by atoms with Gasteiger partial charge in [0.1, 0.15) is 5.75 Å². The summed E-state index contributed by atoms with van der Waals surface area (Å²) in [5, 5.41) is 0.680. The fraction of sp³-hybridized carbons (Fsp3) is 0.188. The summed E-state index contributed by atoms with van der Waals surface area (Å²) in [6.07, 6.45) is 0.883. The number of carbonyl (C=O) groups excluding carboxylic acids is 1. The van der Waals surface area contributed by atoms with E-state index in [0.717, 1.165) is 22.6 Å². The van der Waals surface area contributed by atoms with Crippen molar-refractivity contribution in [3.63, 3.8) is 0 Å². The zero-order chi connectivity index (χ0) is 13.9. The van der Waals surface area contributed by atoms with Crippen LogP contribution in [0.5, 0.6) is 5.75 Å². The molecular formula is C16H13ClO2S. The molecule has 0 unspecified atom stereocenters. The normalized spacial score (nSPS) is 12.8. The van der Waals surface area contributed by atoms with Crippen LogP contribution in [0.3, 0.4) is 0 Å². The minimum Gasteiger partial charge on any atom is -0.492 e. The maximum Gasteiger partial charge on any atom is 0.176 e. The van der Waals surface area contributed by atoms with Crippen LogP contribution >= 0.6 is 23.4 Å². The van der Waals surface area contributed by atoms with E-state index in [1.165, 1.54) is 11.8 Å². The largest absolute Gasteiger partial charge is 0.492 e. The van der Waals surface area contributed by atoms with Crippen LogP contribution in [0, 0.1) is 0 Å². The van der Waals surface area contributed by atoms with Crippen LogP contribution in [0.25, 0.3) is 0 Å². The monoisotopic (exact) mass is 304 g/mol. The van der Waals surface area contributed by atoms with Crippen LogP contribution in [0.2, 0.25) is 5.02 Å². The van der Waals surface area contributed by atoms with Crippen LogP contribution < -0.4 is 4.74 Å². The fourth-order valence-corrected chi connectivity index (χ4v) is 3.34. The molecule has 2 nitrogen and oxygen atoms in total. The number of rotatable bonds is 4. The van der Waals surface area contributed by atoms with Crippen molar-refractivity contribution in [2.45, 2.75) is 11.3 Å². The summed E-state index contributed by atoms with van der Waals surface area (Å²) in [5.41, 5.74) is 1.80. The van der Waals surface area contributed by atoms with Gasteiger partial charge in [-0.1, -0.05) is 35.9 Å². The third-order valence-corrected chi connectivity index (χ3v) is 4.73. The first-order valence-corrected chi connectivity index (χ1v) is 7.77. The summed E-state index contributed by atoms with van der Waals surface area (Å²) in [6, 6.07) is 13.3. The van der Waals surface area contributed by atoms with Gasteiger partial charge in [0.2, 0.25) is 0 Å². The molecule has 0 N–H and O–H groups in total. The van der Waals surface area contributed by atoms with Crippen LogP contribution in [-0.4, -0.2) is 18.1 Å². The Kier molecular flexibility index (Phi) is 3.99. The Labute approximate surface area is 127 Å². The van der Waals surface area contributed by atoms with Crippen molar-refractivity contribution in [1.29, 1.82) is 0 Å². The second-order valence-corrected chi connectivity index (χ2v) is 5.96. The Hall–Kier alpha value is -1.45. The second-order valence-electron chi connectivity index (χ2n) is 4.53. The van der Waals surface area contributed by atoms with Gasteiger partial charge < -0.3 is 4.74 Å². The van der Waals surface area contributed by atoms with Gasteiger partial charge in [-0.15, -0.1) is 11.8 Å². The standard InChI is InChI=1S/C16H13ClO2S/c17-13-6-1-2-7-15(13)20-10-14(18)12-5-3-4-11-8-9-19-16(11)12/h1-7H,8-10H2. The van der Waals surface area contributed by atoms with E-state index in [0.29, 0.717) is 22.9 Å². The molecular weight excluding hydrogens is 292 g/mol. The van der Waals surface area contributed by atoms with E-state index in [1.54, 1.807) is 0 Å². The quantitative estimate of drug-likeness (QED) is 0.624. The first kappa shape index (κ1) is 13.5. The predicted octanol–water partition coefficient (Wildman–Crippen LogP) is 4.25. The van der Waals surface area contributed by atoms with Crippen molar-refractivity contribution >= 4 is 29.1 Å². The van der Waals surface area contributed by atoms with E-state index in [1.807, 2.05) is 42.5 Å². The van der Waals surface area contributed by atoms with Gasteiger partial charge >= 0.3 is 0 Å². The summed E-state index contributed by atoms with van der Waals surface area (Å²) >= 11 is 7.55. The molecule has 0 radical (unpaired) electrons. The fourth-order valence-electron chi connectivity index (χ4n) is 2.22. The molecule has 0 amide bonds. The molecule has 0 fully saturated rings. The number of carbonyl (C=O) groups is 1. The highest BCUT2D eigenvalue weighted by Gasteiger charge is 2.20. The average Bonchev–Trinajstić information content (AvgIpc) is 2.94. The van der Waals surface area contributed by atoms with Crippen LogP contribution in [0.1, 0.15) is 15.9 Å². The Morgan fingerprint density at radius 2 is 2.05 bits per heavy atom. The van der Waals surface area contributed by atoms with E-state index in [-0.39, 0.29) is 5.78 Å². The molecule has 0 saturated heterocycles. The summed E-state index contributed by atoms with van der Waals surface area (Å²) in [5.74, 6) is 1.20. The lowest BCUT2D eigenvalue weighted by Crippen LogP contribution is -2.04. The van der Waals surface area contributed by atoms with E-state index in [4.69, 9.17) is 16.3 Å². The third-order valence-electron chi connectivity index (χ3n) is 3.21. The smallest absolute Gasteiger partial charge is 0.176 e. The molecule has 102 valence electrons. The molecule has 0 bridgehead atoms. The van der Waals surface area contributed by atoms with Crippen molar-refractivity contribution in [1.82, 2.24) is 0 Å². The molecule has 1 aliphatic rings. The molecule has 0 spiro atoms. The number of halogens is 1. The first-order chi connectivity index (χ1) is 9.75. The molecule has 0 aliphatic carbocycles. The lowest BCUT2D eigenvalue weighted by atomic mass is 10.1. The molecule has 2 aromatic rings. The van der Waals surface area contributed by atoms with Gasteiger partial charge in [0.05, 0.1) is 22.9 Å². The average molecular weight is 305 g/mol. The van der Waals surface area contributed by atoms with Gasteiger partial charge in [0.25, 0.3) is 0 Å². The SMILES string of the molecule is O=C(CSc1ccccc1Cl)c1cccc2c1OCC2. The number of hydrogen-bond donors (Lipinski definition) is 0. The molecule has 0 aromatic heterocycles. The first-order valence-electron chi connectivity index (χ1n) is 6.41. The highest BCUT2D eigenvalue weighted by molar-refractivity contribution is 8.00. The van der Waals surface area contributed by atoms with E-state index < -0.39 is 0 Å².